The Bertz CT molecular complexity index is 493. The Morgan fingerprint density at radius 3 is 2.79 bits per heavy atom. The lowest BCUT2D eigenvalue weighted by atomic mass is 10.1. The number of halogens is 2. The minimum absolute atomic E-state index is 0.0197. The van der Waals surface area contributed by atoms with E-state index in [2.05, 4.69) is 14.8 Å². The number of benzene rings is 1. The molecule has 1 heterocycles. The largest absolute Gasteiger partial charge is 0.586 e. The molecule has 0 spiro atoms. The molecule has 0 aliphatic carbocycles. The lowest BCUT2D eigenvalue weighted by molar-refractivity contribution is -0.286. The van der Waals surface area contributed by atoms with Gasteiger partial charge in [-0.15, -0.1) is 8.78 Å². The van der Waals surface area contributed by atoms with Crippen molar-refractivity contribution in [1.82, 2.24) is 0 Å². The van der Waals surface area contributed by atoms with Crippen LogP contribution < -0.4 is 14.8 Å². The molecule has 1 atom stereocenters. The second kappa shape index (κ2) is 4.91. The molecule has 0 saturated heterocycles. The minimum Gasteiger partial charge on any atom is -0.481 e. The fourth-order valence-electron chi connectivity index (χ4n) is 1.74. The Hall–Kier alpha value is -2.05. The summed E-state index contributed by atoms with van der Waals surface area (Å²) in [5.41, 5.74) is 0.568. The summed E-state index contributed by atoms with van der Waals surface area (Å²) in [5.74, 6) is -0.937. The maximum Gasteiger partial charge on any atom is 0.586 e. The third kappa shape index (κ3) is 3.46. The maximum atomic E-state index is 12.8. The van der Waals surface area contributed by atoms with Gasteiger partial charge in [-0.3, -0.25) is 4.79 Å². The molecule has 0 aromatic heterocycles. The fourth-order valence-corrected chi connectivity index (χ4v) is 1.74. The van der Waals surface area contributed by atoms with Gasteiger partial charge in [-0.05, 0) is 25.5 Å². The van der Waals surface area contributed by atoms with Crippen LogP contribution in [0.3, 0.4) is 0 Å². The Morgan fingerprint density at radius 1 is 1.42 bits per heavy atom. The Labute approximate surface area is 108 Å². The summed E-state index contributed by atoms with van der Waals surface area (Å²) < 4.78 is 34.2. The van der Waals surface area contributed by atoms with Gasteiger partial charge < -0.3 is 19.9 Å². The van der Waals surface area contributed by atoms with Gasteiger partial charge in [0.25, 0.3) is 0 Å². The van der Waals surface area contributed by atoms with Crippen molar-refractivity contribution in [3.63, 3.8) is 0 Å². The quantitative estimate of drug-likeness (QED) is 0.863. The molecule has 7 heteroatoms. The zero-order chi connectivity index (χ0) is 14.0. The first-order valence-corrected chi connectivity index (χ1v) is 5.74. The summed E-state index contributed by atoms with van der Waals surface area (Å²) >= 11 is 0. The molecular formula is C12H13F2NO4. The highest BCUT2D eigenvalue weighted by Gasteiger charge is 2.43. The lowest BCUT2D eigenvalue weighted by Gasteiger charge is -2.14. The molecule has 0 saturated carbocycles. The highest BCUT2D eigenvalue weighted by molar-refractivity contribution is 5.66. The number of carboxylic acids is 1. The number of hydrogen-bond acceptors (Lipinski definition) is 4. The van der Waals surface area contributed by atoms with E-state index < -0.39 is 12.3 Å². The van der Waals surface area contributed by atoms with Gasteiger partial charge in [0.1, 0.15) is 0 Å². The van der Waals surface area contributed by atoms with Gasteiger partial charge in [0.05, 0.1) is 0 Å². The number of rotatable bonds is 5. The molecule has 5 nitrogen and oxygen atoms in total. The summed E-state index contributed by atoms with van der Waals surface area (Å²) in [6.45, 7) is 1.81. The number of aliphatic carboxylic acids is 1. The van der Waals surface area contributed by atoms with Gasteiger partial charge in [-0.2, -0.15) is 0 Å². The topological polar surface area (TPSA) is 67.8 Å². The van der Waals surface area contributed by atoms with Crippen LogP contribution in [-0.4, -0.2) is 23.4 Å². The van der Waals surface area contributed by atoms with Crippen molar-refractivity contribution < 1.29 is 28.2 Å². The number of fused-ring (bicyclic) bond motifs is 1. The van der Waals surface area contributed by atoms with Crippen LogP contribution in [0.5, 0.6) is 11.5 Å². The van der Waals surface area contributed by atoms with Crippen LogP contribution in [0.1, 0.15) is 19.8 Å². The van der Waals surface area contributed by atoms with Crippen molar-refractivity contribution in [2.45, 2.75) is 32.1 Å². The summed E-state index contributed by atoms with van der Waals surface area (Å²) in [5, 5.41) is 11.6. The van der Waals surface area contributed by atoms with Crippen LogP contribution in [0.4, 0.5) is 14.5 Å². The average molecular weight is 273 g/mol. The van der Waals surface area contributed by atoms with E-state index in [0.29, 0.717) is 12.1 Å². The second-order valence-electron chi connectivity index (χ2n) is 4.31. The first kappa shape index (κ1) is 13.4. The van der Waals surface area contributed by atoms with Gasteiger partial charge in [-0.1, -0.05) is 0 Å². The third-order valence-corrected chi connectivity index (χ3v) is 2.61. The van der Waals surface area contributed by atoms with E-state index in [-0.39, 0.29) is 24.0 Å². The standard InChI is InChI=1S/C12H13F2NO4/c1-7(2-5-11(16)17)15-8-3-4-9-10(6-8)19-12(13,14)18-9/h3-4,6-7,15H,2,5H2,1H3,(H,16,17). The normalized spacial score (nSPS) is 17.0. The van der Waals surface area contributed by atoms with E-state index in [1.165, 1.54) is 12.1 Å². The molecule has 1 aliphatic heterocycles. The number of carbonyl (C=O) groups is 1. The van der Waals surface area contributed by atoms with Crippen LogP contribution in [0, 0.1) is 0 Å². The molecule has 0 radical (unpaired) electrons. The molecule has 1 unspecified atom stereocenters. The van der Waals surface area contributed by atoms with E-state index in [9.17, 15) is 13.6 Å². The number of nitrogens with one attached hydrogen (secondary N) is 1. The van der Waals surface area contributed by atoms with Crippen molar-refractivity contribution in [3.05, 3.63) is 18.2 Å². The molecular weight excluding hydrogens is 260 g/mol. The highest BCUT2D eigenvalue weighted by Crippen LogP contribution is 2.42. The third-order valence-electron chi connectivity index (χ3n) is 2.61. The van der Waals surface area contributed by atoms with Gasteiger partial charge in [0.2, 0.25) is 0 Å². The zero-order valence-corrected chi connectivity index (χ0v) is 10.2. The number of alkyl halides is 2. The molecule has 2 rings (SSSR count). The van der Waals surface area contributed by atoms with E-state index >= 15 is 0 Å². The van der Waals surface area contributed by atoms with Gasteiger partial charge in [-0.25, -0.2) is 0 Å². The smallest absolute Gasteiger partial charge is 0.481 e. The van der Waals surface area contributed by atoms with Gasteiger partial charge in [0.15, 0.2) is 11.5 Å². The number of hydrogen-bond donors (Lipinski definition) is 2. The first-order chi connectivity index (χ1) is 8.85. The molecule has 0 bridgehead atoms. The Balaban J connectivity index is 1.98. The van der Waals surface area contributed by atoms with E-state index in [4.69, 9.17) is 5.11 Å². The van der Waals surface area contributed by atoms with E-state index in [1.54, 1.807) is 6.07 Å². The number of anilines is 1. The molecule has 1 aromatic rings. The van der Waals surface area contributed by atoms with Crippen LogP contribution in [-0.2, 0) is 4.79 Å². The van der Waals surface area contributed by atoms with E-state index in [1.807, 2.05) is 6.92 Å². The second-order valence-corrected chi connectivity index (χ2v) is 4.31. The summed E-state index contributed by atoms with van der Waals surface area (Å²) in [6, 6.07) is 4.24. The van der Waals surface area contributed by atoms with Crippen molar-refractivity contribution in [2.24, 2.45) is 0 Å². The average Bonchev–Trinajstić information content (AvgIpc) is 2.59. The zero-order valence-electron chi connectivity index (χ0n) is 10.2. The minimum atomic E-state index is -3.63. The summed E-state index contributed by atoms with van der Waals surface area (Å²) in [7, 11) is 0. The highest BCUT2D eigenvalue weighted by atomic mass is 19.3. The van der Waals surface area contributed by atoms with Gasteiger partial charge in [0, 0.05) is 24.2 Å². The molecule has 19 heavy (non-hydrogen) atoms. The number of ether oxygens (including phenoxy) is 2. The first-order valence-electron chi connectivity index (χ1n) is 5.74. The Kier molecular flexibility index (Phi) is 3.46. The molecule has 0 amide bonds. The molecule has 1 aliphatic rings. The summed E-state index contributed by atoms with van der Waals surface area (Å²) in [6.07, 6.45) is -3.16. The van der Waals surface area contributed by atoms with Crippen molar-refractivity contribution in [1.29, 1.82) is 0 Å². The predicted octanol–water partition coefficient (Wildman–Crippen LogP) is 2.67. The van der Waals surface area contributed by atoms with Gasteiger partial charge >= 0.3 is 12.3 Å². The van der Waals surface area contributed by atoms with E-state index in [0.717, 1.165) is 0 Å². The predicted molar refractivity (Wildman–Crippen MR) is 62.6 cm³/mol. The van der Waals surface area contributed by atoms with Crippen LogP contribution in [0.25, 0.3) is 0 Å². The molecule has 2 N–H and O–H groups in total. The van der Waals surface area contributed by atoms with Crippen LogP contribution in [0.2, 0.25) is 0 Å². The molecule has 104 valence electrons. The van der Waals surface area contributed by atoms with Crippen molar-refractivity contribution in [3.8, 4) is 11.5 Å². The molecule has 0 fully saturated rings. The summed E-state index contributed by atoms with van der Waals surface area (Å²) in [4.78, 5) is 10.4. The molecule has 1 aromatic carbocycles. The van der Waals surface area contributed by atoms with Crippen molar-refractivity contribution >= 4 is 11.7 Å². The number of carboxylic acid groups (broad SMARTS) is 1. The van der Waals surface area contributed by atoms with Crippen LogP contribution in [0.15, 0.2) is 18.2 Å². The lowest BCUT2D eigenvalue weighted by Crippen LogP contribution is -2.25. The monoisotopic (exact) mass is 273 g/mol. The van der Waals surface area contributed by atoms with Crippen LogP contribution >= 0.6 is 0 Å². The van der Waals surface area contributed by atoms with Crippen molar-refractivity contribution in [2.75, 3.05) is 5.32 Å². The fraction of sp³-hybridized carbons (Fsp3) is 0.417. The SMILES string of the molecule is CC(CCC(=O)O)Nc1ccc2c(c1)OC(F)(F)O2. The maximum absolute atomic E-state index is 12.8. The Morgan fingerprint density at radius 2 is 2.11 bits per heavy atom.